The van der Waals surface area contributed by atoms with Crippen LogP contribution in [0.15, 0.2) is 24.3 Å². The molecule has 0 radical (unpaired) electrons. The normalized spacial score (nSPS) is 11.0. The number of fused-ring (bicyclic) bond motifs is 1. The van der Waals surface area contributed by atoms with Gasteiger partial charge in [-0.3, -0.25) is 0 Å². The summed E-state index contributed by atoms with van der Waals surface area (Å²) in [6.45, 7) is 4.17. The van der Waals surface area contributed by atoms with E-state index in [9.17, 15) is 9.90 Å². The van der Waals surface area contributed by atoms with Crippen LogP contribution in [-0.2, 0) is 6.42 Å². The molecule has 0 atom stereocenters. The van der Waals surface area contributed by atoms with Crippen molar-refractivity contribution in [3.63, 3.8) is 0 Å². The number of carbonyl (C=O) groups is 1. The monoisotopic (exact) mass is 317 g/mol. The van der Waals surface area contributed by atoms with Crippen LogP contribution >= 0.6 is 11.3 Å². The third-order valence-electron chi connectivity index (χ3n) is 3.20. The van der Waals surface area contributed by atoms with Gasteiger partial charge in [0.25, 0.3) is 0 Å². The second kappa shape index (κ2) is 5.76. The Hall–Kier alpha value is -2.41. The first-order valence-electron chi connectivity index (χ1n) is 6.82. The van der Waals surface area contributed by atoms with Crippen LogP contribution in [0.5, 0.6) is 5.75 Å². The molecule has 0 aliphatic heterocycles. The molecule has 2 aromatic heterocycles. The number of hydrogen-bond acceptors (Lipinski definition) is 5. The SMILES string of the molecule is Cc1cccc(OCCc2nn3c(C(=O)O)c(C)nc3s2)c1. The summed E-state index contributed by atoms with van der Waals surface area (Å²) >= 11 is 1.39. The first-order valence-corrected chi connectivity index (χ1v) is 7.64. The van der Waals surface area contributed by atoms with Gasteiger partial charge >= 0.3 is 5.97 Å². The number of imidazole rings is 1. The van der Waals surface area contributed by atoms with E-state index >= 15 is 0 Å². The Bertz CT molecular complexity index is 838. The lowest BCUT2D eigenvalue weighted by molar-refractivity contribution is 0.0687. The van der Waals surface area contributed by atoms with Crippen LogP contribution in [0.4, 0.5) is 0 Å². The molecule has 0 aliphatic carbocycles. The highest BCUT2D eigenvalue weighted by Gasteiger charge is 2.19. The third kappa shape index (κ3) is 2.80. The highest BCUT2D eigenvalue weighted by molar-refractivity contribution is 7.16. The van der Waals surface area contributed by atoms with E-state index < -0.39 is 5.97 Å². The summed E-state index contributed by atoms with van der Waals surface area (Å²) in [5.74, 6) is -0.193. The Labute approximate surface area is 131 Å². The molecule has 0 saturated heterocycles. The number of carboxylic acid groups (broad SMARTS) is 1. The molecule has 0 unspecified atom stereocenters. The molecule has 0 fully saturated rings. The van der Waals surface area contributed by atoms with Crippen molar-refractivity contribution in [2.75, 3.05) is 6.61 Å². The molecule has 0 amide bonds. The van der Waals surface area contributed by atoms with Crippen LogP contribution in [0.2, 0.25) is 0 Å². The number of carboxylic acids is 1. The van der Waals surface area contributed by atoms with Gasteiger partial charge < -0.3 is 9.84 Å². The van der Waals surface area contributed by atoms with Gasteiger partial charge in [-0.15, -0.1) is 0 Å². The Kier molecular flexibility index (Phi) is 3.81. The smallest absolute Gasteiger partial charge is 0.356 e. The molecule has 114 valence electrons. The fraction of sp³-hybridized carbons (Fsp3) is 0.267. The molecular weight excluding hydrogens is 302 g/mol. The van der Waals surface area contributed by atoms with E-state index in [1.807, 2.05) is 31.2 Å². The maximum Gasteiger partial charge on any atom is 0.356 e. The van der Waals surface area contributed by atoms with Crippen LogP contribution in [-0.4, -0.2) is 32.3 Å². The zero-order valence-corrected chi connectivity index (χ0v) is 13.1. The molecule has 0 aliphatic rings. The lowest BCUT2D eigenvalue weighted by Gasteiger charge is -2.05. The molecule has 0 saturated carbocycles. The Morgan fingerprint density at radius 3 is 2.95 bits per heavy atom. The number of aromatic carboxylic acids is 1. The molecular formula is C15H15N3O3S. The summed E-state index contributed by atoms with van der Waals surface area (Å²) < 4.78 is 7.08. The minimum Gasteiger partial charge on any atom is -0.493 e. The van der Waals surface area contributed by atoms with Crippen LogP contribution in [0, 0.1) is 13.8 Å². The fourth-order valence-corrected chi connectivity index (χ4v) is 3.12. The van der Waals surface area contributed by atoms with Crippen molar-refractivity contribution in [3.8, 4) is 5.75 Å². The molecule has 6 nitrogen and oxygen atoms in total. The molecule has 22 heavy (non-hydrogen) atoms. The van der Waals surface area contributed by atoms with E-state index in [2.05, 4.69) is 10.1 Å². The van der Waals surface area contributed by atoms with E-state index in [-0.39, 0.29) is 5.69 Å². The van der Waals surface area contributed by atoms with Crippen molar-refractivity contribution in [1.82, 2.24) is 14.6 Å². The third-order valence-corrected chi connectivity index (χ3v) is 4.16. The predicted octanol–water partition coefficient (Wildman–Crippen LogP) is 2.73. The van der Waals surface area contributed by atoms with Crippen molar-refractivity contribution in [1.29, 1.82) is 0 Å². The second-order valence-electron chi connectivity index (χ2n) is 4.96. The Morgan fingerprint density at radius 2 is 2.23 bits per heavy atom. The van der Waals surface area contributed by atoms with Gasteiger partial charge in [0.2, 0.25) is 4.96 Å². The largest absolute Gasteiger partial charge is 0.493 e. The standard InChI is InChI=1S/C15H15N3O3S/c1-9-4-3-5-11(8-9)21-7-6-12-17-18-13(14(19)20)10(2)16-15(18)22-12/h3-5,8H,6-7H2,1-2H3,(H,19,20). The zero-order valence-electron chi connectivity index (χ0n) is 12.2. The van der Waals surface area contributed by atoms with E-state index in [4.69, 9.17) is 4.74 Å². The van der Waals surface area contributed by atoms with Crippen molar-refractivity contribution in [2.24, 2.45) is 0 Å². The number of nitrogens with zero attached hydrogens (tertiary/aromatic N) is 3. The van der Waals surface area contributed by atoms with Crippen molar-refractivity contribution < 1.29 is 14.6 Å². The number of benzene rings is 1. The zero-order chi connectivity index (χ0) is 15.7. The summed E-state index contributed by atoms with van der Waals surface area (Å²) in [6, 6.07) is 7.84. The minimum absolute atomic E-state index is 0.122. The van der Waals surface area contributed by atoms with Gasteiger partial charge in [-0.05, 0) is 31.5 Å². The molecule has 7 heteroatoms. The van der Waals surface area contributed by atoms with Gasteiger partial charge in [0.1, 0.15) is 10.8 Å². The van der Waals surface area contributed by atoms with Crippen LogP contribution in [0.1, 0.15) is 26.8 Å². The first kappa shape index (κ1) is 14.5. The average molecular weight is 317 g/mol. The van der Waals surface area contributed by atoms with Gasteiger partial charge in [0, 0.05) is 6.42 Å². The number of ether oxygens (including phenoxy) is 1. The van der Waals surface area contributed by atoms with E-state index in [0.29, 0.717) is 23.7 Å². The minimum atomic E-state index is -1.02. The van der Waals surface area contributed by atoms with Crippen molar-refractivity contribution in [2.45, 2.75) is 20.3 Å². The van der Waals surface area contributed by atoms with Crippen LogP contribution in [0.3, 0.4) is 0 Å². The summed E-state index contributed by atoms with van der Waals surface area (Å²) in [4.78, 5) is 16.0. The van der Waals surface area contributed by atoms with Crippen LogP contribution < -0.4 is 4.74 Å². The summed E-state index contributed by atoms with van der Waals surface area (Å²) in [7, 11) is 0. The average Bonchev–Trinajstić information content (AvgIpc) is 2.94. The lowest BCUT2D eigenvalue weighted by atomic mass is 10.2. The van der Waals surface area contributed by atoms with Crippen LogP contribution in [0.25, 0.3) is 4.96 Å². The summed E-state index contributed by atoms with van der Waals surface area (Å²) in [5, 5.41) is 14.3. The molecule has 0 bridgehead atoms. The highest BCUT2D eigenvalue weighted by atomic mass is 32.1. The van der Waals surface area contributed by atoms with Gasteiger partial charge in [-0.2, -0.15) is 9.61 Å². The number of hydrogen-bond donors (Lipinski definition) is 1. The molecule has 0 spiro atoms. The molecule has 1 aromatic carbocycles. The predicted molar refractivity (Wildman–Crippen MR) is 82.9 cm³/mol. The second-order valence-corrected chi connectivity index (χ2v) is 6.00. The van der Waals surface area contributed by atoms with Crippen molar-refractivity contribution >= 4 is 22.3 Å². The highest BCUT2D eigenvalue weighted by Crippen LogP contribution is 2.19. The molecule has 3 rings (SSSR count). The quantitative estimate of drug-likeness (QED) is 0.783. The van der Waals surface area contributed by atoms with Gasteiger partial charge in [-0.25, -0.2) is 9.78 Å². The fourth-order valence-electron chi connectivity index (χ4n) is 2.20. The molecule has 2 heterocycles. The molecule has 1 N–H and O–H groups in total. The number of aryl methyl sites for hydroxylation is 2. The van der Waals surface area contributed by atoms with Gasteiger partial charge in [0.15, 0.2) is 5.69 Å². The topological polar surface area (TPSA) is 76.7 Å². The summed E-state index contributed by atoms with van der Waals surface area (Å²) in [5.41, 5.74) is 1.75. The van der Waals surface area contributed by atoms with E-state index in [1.165, 1.54) is 15.9 Å². The number of aromatic nitrogens is 3. The first-order chi connectivity index (χ1) is 10.5. The van der Waals surface area contributed by atoms with Gasteiger partial charge in [-0.1, -0.05) is 23.5 Å². The van der Waals surface area contributed by atoms with E-state index in [0.717, 1.165) is 16.3 Å². The lowest BCUT2D eigenvalue weighted by Crippen LogP contribution is -2.06. The maximum absolute atomic E-state index is 11.2. The maximum atomic E-state index is 11.2. The molecule has 3 aromatic rings. The van der Waals surface area contributed by atoms with E-state index in [1.54, 1.807) is 6.92 Å². The Balaban J connectivity index is 1.71. The summed E-state index contributed by atoms with van der Waals surface area (Å²) in [6.07, 6.45) is 0.611. The van der Waals surface area contributed by atoms with Gasteiger partial charge in [0.05, 0.1) is 12.3 Å². The van der Waals surface area contributed by atoms with Crippen molar-refractivity contribution in [3.05, 3.63) is 46.2 Å². The Morgan fingerprint density at radius 1 is 1.41 bits per heavy atom. The number of rotatable bonds is 5.